The van der Waals surface area contributed by atoms with Gasteiger partial charge in [0.05, 0.1) is 0 Å². The lowest BCUT2D eigenvalue weighted by molar-refractivity contribution is 0.0435. The van der Waals surface area contributed by atoms with Crippen LogP contribution in [-0.2, 0) is 6.54 Å². The normalized spacial score (nSPS) is 24.3. The van der Waals surface area contributed by atoms with Crippen molar-refractivity contribution in [1.82, 2.24) is 10.4 Å². The first-order valence-corrected chi connectivity index (χ1v) is 6.98. The van der Waals surface area contributed by atoms with E-state index in [1.54, 1.807) is 12.1 Å². The van der Waals surface area contributed by atoms with Gasteiger partial charge in [0.15, 0.2) is 0 Å². The second-order valence-corrected chi connectivity index (χ2v) is 5.43. The molecule has 3 N–H and O–H groups in total. The van der Waals surface area contributed by atoms with Crippen molar-refractivity contribution in [2.24, 2.45) is 5.73 Å². The number of hydrogen-bond donors (Lipinski definition) is 2. The molecule has 1 aliphatic rings. The second-order valence-electron chi connectivity index (χ2n) is 5.43. The summed E-state index contributed by atoms with van der Waals surface area (Å²) >= 11 is 0. The third-order valence-electron chi connectivity index (χ3n) is 3.90. The number of nitrogens with two attached hydrogens (primary N) is 1. The van der Waals surface area contributed by atoms with Gasteiger partial charge in [-0.1, -0.05) is 18.6 Å². The Balaban J connectivity index is 1.92. The van der Waals surface area contributed by atoms with Gasteiger partial charge in [-0.3, -0.25) is 10.2 Å². The molecule has 0 aliphatic carbocycles. The first-order valence-electron chi connectivity index (χ1n) is 6.98. The van der Waals surface area contributed by atoms with E-state index >= 15 is 0 Å². The van der Waals surface area contributed by atoms with E-state index in [0.29, 0.717) is 17.6 Å². The Morgan fingerprint density at radius 2 is 1.84 bits per heavy atom. The molecule has 4 nitrogen and oxygen atoms in total. The van der Waals surface area contributed by atoms with Crippen molar-refractivity contribution < 1.29 is 4.79 Å². The van der Waals surface area contributed by atoms with Crippen molar-refractivity contribution in [3.8, 4) is 0 Å². The highest BCUT2D eigenvalue weighted by Gasteiger charge is 2.23. The number of nitrogens with one attached hydrogen (secondary N) is 1. The van der Waals surface area contributed by atoms with Crippen LogP contribution < -0.4 is 11.2 Å². The summed E-state index contributed by atoms with van der Waals surface area (Å²) in [5, 5.41) is 2.35. The van der Waals surface area contributed by atoms with Crippen LogP contribution in [0.4, 0.5) is 0 Å². The predicted molar refractivity (Wildman–Crippen MR) is 76.4 cm³/mol. The third-order valence-corrected chi connectivity index (χ3v) is 3.90. The average molecular weight is 261 g/mol. The zero-order chi connectivity index (χ0) is 13.8. The second kappa shape index (κ2) is 6.17. The number of hydrogen-bond acceptors (Lipinski definition) is 3. The monoisotopic (exact) mass is 261 g/mol. The standard InChI is InChI=1S/C15H23N3O/c1-11-4-3-5-12(2)18(11)17-10-13-6-8-14(9-7-13)15(16)19/h6-9,11-12,17H,3-5,10H2,1-2H3,(H2,16,19). The van der Waals surface area contributed by atoms with E-state index in [-0.39, 0.29) is 5.91 Å². The molecule has 1 fully saturated rings. The minimum Gasteiger partial charge on any atom is -0.366 e. The van der Waals surface area contributed by atoms with Crippen LogP contribution >= 0.6 is 0 Å². The highest BCUT2D eigenvalue weighted by atomic mass is 16.1. The zero-order valence-corrected chi connectivity index (χ0v) is 11.7. The number of hydrazine groups is 1. The molecule has 1 aromatic carbocycles. The Hall–Kier alpha value is -1.39. The lowest BCUT2D eigenvalue weighted by atomic mass is 10.00. The smallest absolute Gasteiger partial charge is 0.248 e. The van der Waals surface area contributed by atoms with E-state index < -0.39 is 0 Å². The summed E-state index contributed by atoms with van der Waals surface area (Å²) in [4.78, 5) is 11.0. The molecule has 2 atom stereocenters. The first-order chi connectivity index (χ1) is 9.08. The molecule has 0 radical (unpaired) electrons. The minimum absolute atomic E-state index is 0.377. The SMILES string of the molecule is CC1CCCC(C)N1NCc1ccc(C(N)=O)cc1. The first kappa shape index (κ1) is 14.0. The van der Waals surface area contributed by atoms with Crippen LogP contribution in [0.2, 0.25) is 0 Å². The summed E-state index contributed by atoms with van der Waals surface area (Å²) in [6.07, 6.45) is 3.81. The average Bonchev–Trinajstić information content (AvgIpc) is 2.38. The Morgan fingerprint density at radius 1 is 1.26 bits per heavy atom. The van der Waals surface area contributed by atoms with Crippen LogP contribution in [0.1, 0.15) is 49.0 Å². The highest BCUT2D eigenvalue weighted by molar-refractivity contribution is 5.92. The summed E-state index contributed by atoms with van der Waals surface area (Å²) in [5.74, 6) is -0.377. The Kier molecular flexibility index (Phi) is 4.56. The fourth-order valence-electron chi connectivity index (χ4n) is 2.70. The number of rotatable bonds is 4. The van der Waals surface area contributed by atoms with Gasteiger partial charge < -0.3 is 5.73 Å². The largest absolute Gasteiger partial charge is 0.366 e. The van der Waals surface area contributed by atoms with Crippen LogP contribution in [0.5, 0.6) is 0 Å². The summed E-state index contributed by atoms with van der Waals surface area (Å²) in [7, 11) is 0. The molecule has 2 unspecified atom stereocenters. The van der Waals surface area contributed by atoms with Gasteiger partial charge in [0.1, 0.15) is 0 Å². The number of amides is 1. The number of nitrogens with zero attached hydrogens (tertiary/aromatic N) is 1. The van der Waals surface area contributed by atoms with Crippen molar-refractivity contribution in [1.29, 1.82) is 0 Å². The molecule has 4 heteroatoms. The predicted octanol–water partition coefficient (Wildman–Crippen LogP) is 2.05. The lowest BCUT2D eigenvalue weighted by Crippen LogP contribution is -2.51. The van der Waals surface area contributed by atoms with E-state index in [1.807, 2.05) is 12.1 Å². The van der Waals surface area contributed by atoms with E-state index in [4.69, 9.17) is 5.73 Å². The lowest BCUT2D eigenvalue weighted by Gasteiger charge is -2.39. The Bertz CT molecular complexity index is 420. The molecule has 0 bridgehead atoms. The maximum atomic E-state index is 11.0. The van der Waals surface area contributed by atoms with Crippen molar-refractivity contribution in [2.45, 2.75) is 51.7 Å². The van der Waals surface area contributed by atoms with Crippen LogP contribution in [-0.4, -0.2) is 23.0 Å². The number of piperidine rings is 1. The third kappa shape index (κ3) is 3.55. The molecular formula is C15H23N3O. The van der Waals surface area contributed by atoms with Gasteiger partial charge in [0.25, 0.3) is 0 Å². The molecule has 1 saturated heterocycles. The summed E-state index contributed by atoms with van der Waals surface area (Å²) in [6.45, 7) is 5.31. The molecule has 104 valence electrons. The van der Waals surface area contributed by atoms with E-state index in [1.165, 1.54) is 19.3 Å². The molecule has 1 amide bonds. The van der Waals surface area contributed by atoms with Crippen molar-refractivity contribution >= 4 is 5.91 Å². The van der Waals surface area contributed by atoms with E-state index in [0.717, 1.165) is 12.1 Å². The molecule has 1 heterocycles. The topological polar surface area (TPSA) is 58.4 Å². The summed E-state index contributed by atoms with van der Waals surface area (Å²) in [5.41, 5.74) is 10.5. The van der Waals surface area contributed by atoms with Gasteiger partial charge in [0, 0.05) is 24.2 Å². The van der Waals surface area contributed by atoms with Crippen molar-refractivity contribution in [3.05, 3.63) is 35.4 Å². The zero-order valence-electron chi connectivity index (χ0n) is 11.7. The highest BCUT2D eigenvalue weighted by Crippen LogP contribution is 2.20. The van der Waals surface area contributed by atoms with Gasteiger partial charge in [-0.15, -0.1) is 0 Å². The van der Waals surface area contributed by atoms with Gasteiger partial charge in [-0.05, 0) is 44.4 Å². The fourth-order valence-corrected chi connectivity index (χ4v) is 2.70. The Morgan fingerprint density at radius 3 is 2.37 bits per heavy atom. The Labute approximate surface area is 114 Å². The van der Waals surface area contributed by atoms with Crippen molar-refractivity contribution in [2.75, 3.05) is 0 Å². The van der Waals surface area contributed by atoms with Crippen LogP contribution in [0.15, 0.2) is 24.3 Å². The van der Waals surface area contributed by atoms with E-state index in [2.05, 4.69) is 24.3 Å². The van der Waals surface area contributed by atoms with Gasteiger partial charge in [0.2, 0.25) is 5.91 Å². The van der Waals surface area contributed by atoms with Crippen molar-refractivity contribution in [3.63, 3.8) is 0 Å². The van der Waals surface area contributed by atoms with Crippen LogP contribution in [0, 0.1) is 0 Å². The fraction of sp³-hybridized carbons (Fsp3) is 0.533. The van der Waals surface area contributed by atoms with Gasteiger partial charge in [-0.2, -0.15) is 0 Å². The van der Waals surface area contributed by atoms with Gasteiger partial charge in [-0.25, -0.2) is 5.01 Å². The molecule has 1 aromatic rings. The molecular weight excluding hydrogens is 238 g/mol. The molecule has 0 saturated carbocycles. The molecule has 0 aromatic heterocycles. The molecule has 1 aliphatic heterocycles. The van der Waals surface area contributed by atoms with Crippen LogP contribution in [0.3, 0.4) is 0 Å². The maximum Gasteiger partial charge on any atom is 0.248 e. The number of benzene rings is 1. The summed E-state index contributed by atoms with van der Waals surface area (Å²) in [6, 6.07) is 8.62. The quantitative estimate of drug-likeness (QED) is 0.872. The molecule has 2 rings (SSSR count). The number of primary amides is 1. The van der Waals surface area contributed by atoms with E-state index in [9.17, 15) is 4.79 Å². The minimum atomic E-state index is -0.377. The molecule has 19 heavy (non-hydrogen) atoms. The van der Waals surface area contributed by atoms with Gasteiger partial charge >= 0.3 is 0 Å². The number of carbonyl (C=O) groups excluding carboxylic acids is 1. The maximum absolute atomic E-state index is 11.0. The summed E-state index contributed by atoms with van der Waals surface area (Å²) < 4.78 is 0. The van der Waals surface area contributed by atoms with Crippen LogP contribution in [0.25, 0.3) is 0 Å². The number of carbonyl (C=O) groups is 1. The molecule has 0 spiro atoms.